The average Bonchev–Trinajstić information content (AvgIpc) is 3.46. The second kappa shape index (κ2) is 12.1. The van der Waals surface area contributed by atoms with Crippen LogP contribution in [-0.2, 0) is 19.1 Å². The Morgan fingerprint density at radius 3 is 2.08 bits per heavy atom. The second-order valence-electron chi connectivity index (χ2n) is 20.8. The summed E-state index contributed by atoms with van der Waals surface area (Å²) in [7, 11) is 0. The number of carbonyl (C=O) groups is 3. The third kappa shape index (κ3) is 5.00. The van der Waals surface area contributed by atoms with Crippen LogP contribution in [0.1, 0.15) is 152 Å². The van der Waals surface area contributed by atoms with Crippen molar-refractivity contribution in [2.24, 2.45) is 68.0 Å². The van der Waals surface area contributed by atoms with Gasteiger partial charge >= 0.3 is 5.97 Å². The molecule has 12 unspecified atom stereocenters. The lowest BCUT2D eigenvalue weighted by Crippen LogP contribution is -2.68. The molecule has 0 bridgehead atoms. The first-order valence-corrected chi connectivity index (χ1v) is 20.8. The molecule has 12 atom stereocenters. The van der Waals surface area contributed by atoms with E-state index < -0.39 is 0 Å². The highest BCUT2D eigenvalue weighted by Gasteiger charge is 2.72. The molecule has 1 aliphatic heterocycles. The van der Waals surface area contributed by atoms with E-state index in [1.807, 2.05) is 0 Å². The van der Waals surface area contributed by atoms with Gasteiger partial charge in [0.05, 0.1) is 5.41 Å². The smallest absolute Gasteiger partial charge is 0.302 e. The molecule has 7 fully saturated rings. The van der Waals surface area contributed by atoms with Gasteiger partial charge in [-0.1, -0.05) is 60.6 Å². The van der Waals surface area contributed by atoms with Crippen molar-refractivity contribution in [2.45, 2.75) is 164 Å². The minimum atomic E-state index is -0.347. The molecule has 6 aliphatic carbocycles. The Kier molecular flexibility index (Phi) is 8.82. The monoisotopic (exact) mass is 691 g/mol. The van der Waals surface area contributed by atoms with Crippen molar-refractivity contribution in [2.75, 3.05) is 13.1 Å². The van der Waals surface area contributed by atoms with Crippen LogP contribution in [0.2, 0.25) is 0 Å². The molecule has 280 valence electrons. The standard InChI is InChI=1S/C44H70N2O4/c1-27(2)29-16-21-44(38(49)45-34-26-31(39(34,4)5)37(48)46-24-12-11-13-25-46)23-22-42(9)30(36(29)44)14-15-33-41(8)19-18-35(50-28(3)47)40(6,7)32(41)17-20-43(33,42)10/h29-36H,1,11-26H2,2-10H3,(H,45,49). The summed E-state index contributed by atoms with van der Waals surface area (Å²) in [6.07, 6.45) is 15.2. The summed E-state index contributed by atoms with van der Waals surface area (Å²) in [5, 5.41) is 3.65. The number of hydrogen-bond acceptors (Lipinski definition) is 4. The van der Waals surface area contributed by atoms with E-state index in [2.05, 4.69) is 72.2 Å². The average molecular weight is 691 g/mol. The molecule has 1 heterocycles. The van der Waals surface area contributed by atoms with Crippen LogP contribution < -0.4 is 5.32 Å². The highest BCUT2D eigenvalue weighted by atomic mass is 16.5. The predicted octanol–water partition coefficient (Wildman–Crippen LogP) is 9.12. The summed E-state index contributed by atoms with van der Waals surface area (Å²) in [4.78, 5) is 42.7. The van der Waals surface area contributed by atoms with Gasteiger partial charge < -0.3 is 15.0 Å². The molecule has 0 aromatic rings. The fraction of sp³-hybridized carbons (Fsp3) is 0.886. The van der Waals surface area contributed by atoms with Gasteiger partial charge in [-0.25, -0.2) is 0 Å². The number of nitrogens with zero attached hydrogens (tertiary/aromatic N) is 1. The molecule has 7 aliphatic rings. The highest BCUT2D eigenvalue weighted by molar-refractivity contribution is 5.86. The first-order chi connectivity index (χ1) is 23.3. The van der Waals surface area contributed by atoms with Gasteiger partial charge in [-0.05, 0) is 148 Å². The minimum Gasteiger partial charge on any atom is -0.462 e. The van der Waals surface area contributed by atoms with E-state index in [4.69, 9.17) is 4.74 Å². The number of esters is 1. The molecule has 6 saturated carbocycles. The maximum Gasteiger partial charge on any atom is 0.302 e. The van der Waals surface area contributed by atoms with Crippen LogP contribution in [0.4, 0.5) is 0 Å². The Balaban J connectivity index is 1.14. The number of amides is 2. The van der Waals surface area contributed by atoms with Gasteiger partial charge in [0, 0.05) is 37.4 Å². The summed E-state index contributed by atoms with van der Waals surface area (Å²) < 4.78 is 5.98. The van der Waals surface area contributed by atoms with Gasteiger partial charge in [0.1, 0.15) is 6.10 Å². The first-order valence-electron chi connectivity index (χ1n) is 20.8. The summed E-state index contributed by atoms with van der Waals surface area (Å²) in [5.74, 6) is 2.82. The van der Waals surface area contributed by atoms with Crippen molar-refractivity contribution in [3.8, 4) is 0 Å². The summed E-state index contributed by atoms with van der Waals surface area (Å²) in [5.41, 5.74) is 1.23. The summed E-state index contributed by atoms with van der Waals surface area (Å²) >= 11 is 0. The summed E-state index contributed by atoms with van der Waals surface area (Å²) in [6.45, 7) is 27.2. The van der Waals surface area contributed by atoms with Crippen LogP contribution in [0, 0.1) is 68.0 Å². The Morgan fingerprint density at radius 1 is 0.740 bits per heavy atom. The first kappa shape index (κ1) is 36.5. The van der Waals surface area contributed by atoms with E-state index in [9.17, 15) is 14.4 Å². The van der Waals surface area contributed by atoms with Crippen molar-refractivity contribution in [1.82, 2.24) is 10.2 Å². The topological polar surface area (TPSA) is 75.7 Å². The SMILES string of the molecule is C=C(C)C1CCC2(C(=O)NC3CC(C(=O)N4CCCCC4)C3(C)C)CCC3(C)C(CCC4C5(C)CCC(OC(C)=O)C(C)(C)C5CCC43C)C12. The second-order valence-corrected chi connectivity index (χ2v) is 20.8. The molecule has 0 aromatic carbocycles. The number of carbonyl (C=O) groups excluding carboxylic acids is 3. The molecule has 6 heteroatoms. The number of hydrogen-bond donors (Lipinski definition) is 1. The molecule has 1 N–H and O–H groups in total. The van der Waals surface area contributed by atoms with Crippen LogP contribution in [0.3, 0.4) is 0 Å². The number of likely N-dealkylation sites (tertiary alicyclic amines) is 1. The molecular formula is C44H70N2O4. The number of allylic oxidation sites excluding steroid dienone is 1. The van der Waals surface area contributed by atoms with E-state index in [1.54, 1.807) is 6.92 Å². The van der Waals surface area contributed by atoms with Gasteiger partial charge in [0.2, 0.25) is 11.8 Å². The molecule has 0 radical (unpaired) electrons. The fourth-order valence-corrected chi connectivity index (χ4v) is 15.1. The van der Waals surface area contributed by atoms with Gasteiger partial charge in [-0.15, -0.1) is 0 Å². The number of ether oxygens (including phenoxy) is 1. The third-order valence-corrected chi connectivity index (χ3v) is 18.3. The minimum absolute atomic E-state index is 0.00128. The van der Waals surface area contributed by atoms with Gasteiger partial charge in [0.15, 0.2) is 0 Å². The van der Waals surface area contributed by atoms with Crippen LogP contribution in [0.15, 0.2) is 12.2 Å². The molecule has 1 saturated heterocycles. The quantitative estimate of drug-likeness (QED) is 0.231. The van der Waals surface area contributed by atoms with Crippen molar-refractivity contribution < 1.29 is 19.1 Å². The number of rotatable bonds is 5. The summed E-state index contributed by atoms with van der Waals surface area (Å²) in [6, 6.07) is 0.0508. The number of nitrogens with one attached hydrogen (secondary N) is 1. The Hall–Kier alpha value is -1.85. The molecule has 50 heavy (non-hydrogen) atoms. The molecule has 7 rings (SSSR count). The third-order valence-electron chi connectivity index (χ3n) is 18.3. The lowest BCUT2D eigenvalue weighted by atomic mass is 9.32. The molecular weight excluding hydrogens is 620 g/mol. The fourth-order valence-electron chi connectivity index (χ4n) is 15.1. The van der Waals surface area contributed by atoms with E-state index >= 15 is 0 Å². The maximum absolute atomic E-state index is 14.9. The van der Waals surface area contributed by atoms with E-state index in [0.717, 1.165) is 70.9 Å². The van der Waals surface area contributed by atoms with E-state index in [-0.39, 0.29) is 62.4 Å². The number of fused-ring (bicyclic) bond motifs is 7. The van der Waals surface area contributed by atoms with Crippen molar-refractivity contribution in [3.05, 3.63) is 12.2 Å². The van der Waals surface area contributed by atoms with Gasteiger partial charge in [0.25, 0.3) is 0 Å². The lowest BCUT2D eigenvalue weighted by molar-refractivity contribution is -0.249. The van der Waals surface area contributed by atoms with Crippen molar-refractivity contribution in [3.63, 3.8) is 0 Å². The van der Waals surface area contributed by atoms with Crippen LogP contribution in [0.25, 0.3) is 0 Å². The maximum atomic E-state index is 14.9. The van der Waals surface area contributed by atoms with Crippen LogP contribution in [-0.4, -0.2) is 47.9 Å². The zero-order chi connectivity index (χ0) is 36.2. The van der Waals surface area contributed by atoms with Gasteiger partial charge in [-0.3, -0.25) is 14.4 Å². The highest BCUT2D eigenvalue weighted by Crippen LogP contribution is 2.77. The van der Waals surface area contributed by atoms with Crippen molar-refractivity contribution >= 4 is 17.8 Å². The lowest BCUT2D eigenvalue weighted by Gasteiger charge is -2.73. The van der Waals surface area contributed by atoms with E-state index in [1.165, 1.54) is 37.7 Å². The van der Waals surface area contributed by atoms with Gasteiger partial charge in [-0.2, -0.15) is 0 Å². The molecule has 6 nitrogen and oxygen atoms in total. The molecule has 2 amide bonds. The zero-order valence-electron chi connectivity index (χ0n) is 33.2. The molecule has 0 spiro atoms. The largest absolute Gasteiger partial charge is 0.462 e. The Morgan fingerprint density at radius 2 is 1.44 bits per heavy atom. The van der Waals surface area contributed by atoms with Crippen LogP contribution in [0.5, 0.6) is 0 Å². The Labute approximate surface area is 304 Å². The normalized spacial score (nSPS) is 47.3. The van der Waals surface area contributed by atoms with Crippen molar-refractivity contribution in [1.29, 1.82) is 0 Å². The van der Waals surface area contributed by atoms with E-state index in [0.29, 0.717) is 35.5 Å². The number of piperidine rings is 1. The zero-order valence-corrected chi connectivity index (χ0v) is 33.2. The van der Waals surface area contributed by atoms with Crippen LogP contribution >= 0.6 is 0 Å². The molecule has 0 aromatic heterocycles. The predicted molar refractivity (Wildman–Crippen MR) is 199 cm³/mol. The Bertz CT molecular complexity index is 1410.